The molecule has 2 N–H and O–H groups in total. The molecule has 2 aromatic rings. The number of nitrogens with zero attached hydrogens (tertiary/aromatic N) is 1. The number of nitrogens with one attached hydrogen (secondary N) is 2. The van der Waals surface area contributed by atoms with Crippen molar-refractivity contribution < 1.29 is 19.1 Å². The molecule has 0 radical (unpaired) electrons. The fourth-order valence-electron chi connectivity index (χ4n) is 2.06. The Morgan fingerprint density at radius 3 is 2.56 bits per heavy atom. The lowest BCUT2D eigenvalue weighted by molar-refractivity contribution is 0.0601. The predicted molar refractivity (Wildman–Crippen MR) is 99.0 cm³/mol. The van der Waals surface area contributed by atoms with Gasteiger partial charge in [0.25, 0.3) is 0 Å². The van der Waals surface area contributed by atoms with Gasteiger partial charge in [-0.15, -0.1) is 11.3 Å². The van der Waals surface area contributed by atoms with E-state index >= 15 is 0 Å². The molecule has 0 saturated carbocycles. The summed E-state index contributed by atoms with van der Waals surface area (Å²) in [6.45, 7) is 2.08. The number of esters is 2. The van der Waals surface area contributed by atoms with Crippen molar-refractivity contribution in [1.29, 1.82) is 0 Å². The van der Waals surface area contributed by atoms with Gasteiger partial charge in [-0.05, 0) is 36.8 Å². The fraction of sp³-hybridized carbons (Fsp3) is 0.250. The van der Waals surface area contributed by atoms with Gasteiger partial charge in [-0.25, -0.2) is 9.59 Å². The van der Waals surface area contributed by atoms with E-state index in [2.05, 4.69) is 15.6 Å². The third-order valence-corrected chi connectivity index (χ3v) is 4.72. The van der Waals surface area contributed by atoms with Crippen LogP contribution in [0, 0.1) is 6.92 Å². The Kier molecular flexibility index (Phi) is 6.43. The molecule has 0 saturated heterocycles. The van der Waals surface area contributed by atoms with Crippen LogP contribution >= 0.6 is 23.6 Å². The Bertz CT molecular complexity index is 790. The molecule has 132 valence electrons. The molecule has 7 nitrogen and oxygen atoms in total. The van der Waals surface area contributed by atoms with Crippen LogP contribution in [0.15, 0.2) is 24.4 Å². The van der Waals surface area contributed by atoms with Crippen molar-refractivity contribution in [2.24, 2.45) is 0 Å². The number of thiocarbonyl (C=S) groups is 1. The van der Waals surface area contributed by atoms with Crippen LogP contribution in [0.3, 0.4) is 0 Å². The molecular formula is C16H17N3O4S2. The molecule has 0 aliphatic heterocycles. The molecule has 0 amide bonds. The molecule has 0 fully saturated rings. The second-order valence-electron chi connectivity index (χ2n) is 4.87. The smallest absolute Gasteiger partial charge is 0.348 e. The lowest BCUT2D eigenvalue weighted by Gasteiger charge is -2.10. The molecule has 0 aliphatic carbocycles. The van der Waals surface area contributed by atoms with Gasteiger partial charge in [-0.2, -0.15) is 0 Å². The van der Waals surface area contributed by atoms with E-state index in [-0.39, 0.29) is 5.56 Å². The molecule has 9 heteroatoms. The van der Waals surface area contributed by atoms with E-state index < -0.39 is 11.9 Å². The topological polar surface area (TPSA) is 89.5 Å². The summed E-state index contributed by atoms with van der Waals surface area (Å²) < 4.78 is 9.54. The second-order valence-corrected chi connectivity index (χ2v) is 6.30. The maximum Gasteiger partial charge on any atom is 0.348 e. The minimum Gasteiger partial charge on any atom is -0.465 e. The van der Waals surface area contributed by atoms with Gasteiger partial charge in [0.1, 0.15) is 9.88 Å². The summed E-state index contributed by atoms with van der Waals surface area (Å²) in [5, 5.41) is 6.66. The van der Waals surface area contributed by atoms with Gasteiger partial charge < -0.3 is 20.1 Å². The maximum absolute atomic E-state index is 12.1. The summed E-state index contributed by atoms with van der Waals surface area (Å²) >= 11 is 6.34. The summed E-state index contributed by atoms with van der Waals surface area (Å²) in [4.78, 5) is 28.4. The summed E-state index contributed by atoms with van der Waals surface area (Å²) in [7, 11) is 2.56. The minimum atomic E-state index is -0.557. The molecule has 2 aromatic heterocycles. The van der Waals surface area contributed by atoms with Gasteiger partial charge in [0.05, 0.1) is 32.0 Å². The first kappa shape index (κ1) is 18.8. The van der Waals surface area contributed by atoms with Crippen molar-refractivity contribution in [1.82, 2.24) is 10.3 Å². The lowest BCUT2D eigenvalue weighted by Crippen LogP contribution is -2.28. The Morgan fingerprint density at radius 1 is 1.24 bits per heavy atom. The molecule has 0 unspecified atom stereocenters. The Morgan fingerprint density at radius 2 is 1.96 bits per heavy atom. The van der Waals surface area contributed by atoms with Crippen LogP contribution < -0.4 is 10.6 Å². The summed E-state index contributed by atoms with van der Waals surface area (Å²) in [6, 6.07) is 5.56. The maximum atomic E-state index is 12.1. The lowest BCUT2D eigenvalue weighted by atomic mass is 10.1. The van der Waals surface area contributed by atoms with Gasteiger partial charge in [0.15, 0.2) is 5.11 Å². The highest BCUT2D eigenvalue weighted by Gasteiger charge is 2.26. The van der Waals surface area contributed by atoms with Crippen LogP contribution in [0.2, 0.25) is 0 Å². The van der Waals surface area contributed by atoms with Crippen LogP contribution in [-0.4, -0.2) is 36.3 Å². The monoisotopic (exact) mass is 379 g/mol. The third kappa shape index (κ3) is 4.52. The van der Waals surface area contributed by atoms with Gasteiger partial charge in [-0.1, -0.05) is 6.07 Å². The Labute approximate surface area is 154 Å². The average molecular weight is 379 g/mol. The fourth-order valence-corrected chi connectivity index (χ4v) is 3.41. The number of aromatic nitrogens is 1. The molecule has 0 bridgehead atoms. The van der Waals surface area contributed by atoms with E-state index in [0.717, 1.165) is 17.0 Å². The number of ether oxygens (including phenoxy) is 2. The van der Waals surface area contributed by atoms with Gasteiger partial charge in [-0.3, -0.25) is 4.98 Å². The first-order valence-electron chi connectivity index (χ1n) is 7.22. The van der Waals surface area contributed by atoms with E-state index in [9.17, 15) is 9.59 Å². The summed E-state index contributed by atoms with van der Waals surface area (Å²) in [6.07, 6.45) is 1.69. The van der Waals surface area contributed by atoms with E-state index in [1.54, 1.807) is 13.1 Å². The zero-order valence-corrected chi connectivity index (χ0v) is 15.5. The van der Waals surface area contributed by atoms with Crippen molar-refractivity contribution in [2.75, 3.05) is 19.5 Å². The second kappa shape index (κ2) is 8.54. The number of carbonyl (C=O) groups excluding carboxylic acids is 2. The number of pyridine rings is 1. The number of thiophene rings is 1. The quantitative estimate of drug-likeness (QED) is 0.605. The van der Waals surface area contributed by atoms with E-state index in [0.29, 0.717) is 27.1 Å². The normalized spacial score (nSPS) is 10.0. The molecule has 2 rings (SSSR count). The predicted octanol–water partition coefficient (Wildman–Crippen LogP) is 2.51. The van der Waals surface area contributed by atoms with Crippen molar-refractivity contribution >= 4 is 45.6 Å². The zero-order chi connectivity index (χ0) is 18.4. The first-order chi connectivity index (χ1) is 12.0. The van der Waals surface area contributed by atoms with Crippen molar-refractivity contribution in [3.05, 3.63) is 46.1 Å². The molecule has 0 atom stereocenters. The van der Waals surface area contributed by atoms with E-state index in [1.807, 2.05) is 18.2 Å². The molecular weight excluding hydrogens is 362 g/mol. The number of hydrogen-bond acceptors (Lipinski definition) is 7. The Balaban J connectivity index is 2.18. The highest BCUT2D eigenvalue weighted by atomic mass is 32.1. The number of rotatable bonds is 5. The molecule has 0 aromatic carbocycles. The largest absolute Gasteiger partial charge is 0.465 e. The SMILES string of the molecule is COC(=O)c1sc(NC(=S)NCc2ccccn2)c(C(=O)OC)c1C. The molecule has 0 spiro atoms. The van der Waals surface area contributed by atoms with Crippen LogP contribution in [0.5, 0.6) is 0 Å². The van der Waals surface area contributed by atoms with E-state index in [1.165, 1.54) is 14.2 Å². The molecule has 2 heterocycles. The van der Waals surface area contributed by atoms with Crippen LogP contribution in [0.1, 0.15) is 31.3 Å². The third-order valence-electron chi connectivity index (χ3n) is 3.29. The Hall–Kier alpha value is -2.52. The standard InChI is InChI=1S/C16H17N3O4S2/c1-9-11(14(20)22-2)13(25-12(9)15(21)23-3)19-16(24)18-8-10-6-4-5-7-17-10/h4-7H,8H2,1-3H3,(H2,18,19,24). The van der Waals surface area contributed by atoms with E-state index in [4.69, 9.17) is 21.7 Å². The number of anilines is 1. The zero-order valence-electron chi connectivity index (χ0n) is 13.9. The number of hydrogen-bond donors (Lipinski definition) is 2. The number of methoxy groups -OCH3 is 2. The molecule has 0 aliphatic rings. The average Bonchev–Trinajstić information content (AvgIpc) is 2.95. The highest BCUT2D eigenvalue weighted by Crippen LogP contribution is 2.34. The highest BCUT2D eigenvalue weighted by molar-refractivity contribution is 7.80. The van der Waals surface area contributed by atoms with Crippen molar-refractivity contribution in [3.8, 4) is 0 Å². The van der Waals surface area contributed by atoms with Crippen LogP contribution in [0.25, 0.3) is 0 Å². The van der Waals surface area contributed by atoms with Gasteiger partial charge in [0, 0.05) is 6.20 Å². The van der Waals surface area contributed by atoms with Crippen LogP contribution in [0.4, 0.5) is 5.00 Å². The summed E-state index contributed by atoms with van der Waals surface area (Å²) in [5.74, 6) is -1.08. The first-order valence-corrected chi connectivity index (χ1v) is 8.45. The van der Waals surface area contributed by atoms with Crippen molar-refractivity contribution in [3.63, 3.8) is 0 Å². The van der Waals surface area contributed by atoms with Crippen molar-refractivity contribution in [2.45, 2.75) is 13.5 Å². The van der Waals surface area contributed by atoms with Gasteiger partial charge in [0.2, 0.25) is 0 Å². The number of carbonyl (C=O) groups is 2. The van der Waals surface area contributed by atoms with Crippen LogP contribution in [-0.2, 0) is 16.0 Å². The van der Waals surface area contributed by atoms with Gasteiger partial charge >= 0.3 is 11.9 Å². The molecule has 25 heavy (non-hydrogen) atoms. The summed E-state index contributed by atoms with van der Waals surface area (Å²) in [5.41, 5.74) is 1.56. The minimum absolute atomic E-state index is 0.259.